The van der Waals surface area contributed by atoms with E-state index in [1.54, 1.807) is 0 Å². The van der Waals surface area contributed by atoms with E-state index in [1.807, 2.05) is 0 Å². The van der Waals surface area contributed by atoms with Crippen LogP contribution in [0.15, 0.2) is 0 Å². The fourth-order valence-electron chi connectivity index (χ4n) is 1.54. The van der Waals surface area contributed by atoms with Gasteiger partial charge in [0.05, 0.1) is 0 Å². The predicted molar refractivity (Wildman–Crippen MR) is 58.4 cm³/mol. The van der Waals surface area contributed by atoms with Gasteiger partial charge in [0, 0.05) is 0 Å². The van der Waals surface area contributed by atoms with Crippen LogP contribution in [0.4, 0.5) is 0 Å². The molecular formula is C10H25N3. The normalized spacial score (nSPS) is 13.2. The van der Waals surface area contributed by atoms with Crippen molar-refractivity contribution in [2.24, 2.45) is 23.1 Å². The zero-order chi connectivity index (χ0) is 9.94. The highest BCUT2D eigenvalue weighted by molar-refractivity contribution is 4.61. The molecule has 0 saturated heterocycles. The molecule has 0 aromatic rings. The zero-order valence-corrected chi connectivity index (χ0v) is 8.67. The second-order valence-corrected chi connectivity index (χ2v) is 3.67. The maximum Gasteiger partial charge on any atom is -0.00489 e. The molecule has 1 atom stereocenters. The minimum absolute atomic E-state index is 0.682. The molecule has 0 amide bonds. The first-order chi connectivity index (χ1) is 6.35. The highest BCUT2D eigenvalue weighted by Crippen LogP contribution is 2.13. The molecule has 0 rings (SSSR count). The van der Waals surface area contributed by atoms with Crippen LogP contribution < -0.4 is 17.2 Å². The van der Waals surface area contributed by atoms with Crippen LogP contribution in [0, 0.1) is 5.92 Å². The summed E-state index contributed by atoms with van der Waals surface area (Å²) in [5, 5.41) is 0. The van der Waals surface area contributed by atoms with Crippen molar-refractivity contribution in [1.82, 2.24) is 0 Å². The van der Waals surface area contributed by atoms with Crippen molar-refractivity contribution in [2.45, 2.75) is 38.5 Å². The van der Waals surface area contributed by atoms with Crippen molar-refractivity contribution in [3.63, 3.8) is 0 Å². The van der Waals surface area contributed by atoms with E-state index in [0.29, 0.717) is 5.92 Å². The van der Waals surface area contributed by atoms with Gasteiger partial charge in [0.2, 0.25) is 0 Å². The molecule has 0 aliphatic rings. The number of rotatable bonds is 9. The van der Waals surface area contributed by atoms with Crippen LogP contribution >= 0.6 is 0 Å². The first kappa shape index (κ1) is 12.9. The van der Waals surface area contributed by atoms with Crippen LogP contribution in [0.5, 0.6) is 0 Å². The summed E-state index contributed by atoms with van der Waals surface area (Å²) < 4.78 is 0. The summed E-state index contributed by atoms with van der Waals surface area (Å²) in [6, 6.07) is 0. The van der Waals surface area contributed by atoms with Crippen molar-refractivity contribution in [3.05, 3.63) is 0 Å². The lowest BCUT2D eigenvalue weighted by atomic mass is 9.96. The molecule has 0 aliphatic heterocycles. The van der Waals surface area contributed by atoms with Crippen LogP contribution in [0.2, 0.25) is 0 Å². The molecule has 0 fully saturated rings. The van der Waals surface area contributed by atoms with E-state index in [-0.39, 0.29) is 0 Å². The summed E-state index contributed by atoms with van der Waals surface area (Å²) in [6.45, 7) is 2.41. The van der Waals surface area contributed by atoms with E-state index >= 15 is 0 Å². The van der Waals surface area contributed by atoms with Gasteiger partial charge in [0.25, 0.3) is 0 Å². The van der Waals surface area contributed by atoms with E-state index in [4.69, 9.17) is 17.2 Å². The number of unbranched alkanes of at least 4 members (excludes halogenated alkanes) is 2. The summed E-state index contributed by atoms with van der Waals surface area (Å²) >= 11 is 0. The maximum atomic E-state index is 5.66. The molecule has 0 radical (unpaired) electrons. The van der Waals surface area contributed by atoms with Gasteiger partial charge in [0.15, 0.2) is 0 Å². The lowest BCUT2D eigenvalue weighted by Gasteiger charge is -2.13. The number of nitrogens with two attached hydrogens (primary N) is 3. The fourth-order valence-corrected chi connectivity index (χ4v) is 1.54. The third-order valence-electron chi connectivity index (χ3n) is 2.47. The Morgan fingerprint density at radius 2 is 1.31 bits per heavy atom. The van der Waals surface area contributed by atoms with Gasteiger partial charge >= 0.3 is 0 Å². The quantitative estimate of drug-likeness (QED) is 0.468. The SMILES string of the molecule is NCCCCCC(CN)CCCN. The molecule has 13 heavy (non-hydrogen) atoms. The summed E-state index contributed by atoms with van der Waals surface area (Å²) in [4.78, 5) is 0. The van der Waals surface area contributed by atoms with Crippen LogP contribution in [-0.2, 0) is 0 Å². The first-order valence-corrected chi connectivity index (χ1v) is 5.45. The standard InChI is InChI=1S/C10H25N3/c11-7-3-1-2-5-10(9-13)6-4-8-12/h10H,1-9,11-13H2. The second kappa shape index (κ2) is 9.96. The summed E-state index contributed by atoms with van der Waals surface area (Å²) in [6.07, 6.45) is 7.21. The Labute approximate surface area is 82.0 Å². The van der Waals surface area contributed by atoms with Crippen molar-refractivity contribution in [2.75, 3.05) is 19.6 Å². The second-order valence-electron chi connectivity index (χ2n) is 3.67. The largest absolute Gasteiger partial charge is 0.330 e. The molecular weight excluding hydrogens is 162 g/mol. The third kappa shape index (κ3) is 8.22. The highest BCUT2D eigenvalue weighted by Gasteiger charge is 2.04. The van der Waals surface area contributed by atoms with Gasteiger partial charge in [-0.1, -0.05) is 12.8 Å². The molecule has 6 N–H and O–H groups in total. The van der Waals surface area contributed by atoms with Gasteiger partial charge in [-0.2, -0.15) is 0 Å². The van der Waals surface area contributed by atoms with E-state index in [9.17, 15) is 0 Å². The first-order valence-electron chi connectivity index (χ1n) is 5.45. The molecule has 0 saturated carbocycles. The third-order valence-corrected chi connectivity index (χ3v) is 2.47. The van der Waals surface area contributed by atoms with Gasteiger partial charge in [-0.25, -0.2) is 0 Å². The Balaban J connectivity index is 3.25. The Morgan fingerprint density at radius 1 is 0.692 bits per heavy atom. The van der Waals surface area contributed by atoms with Crippen molar-refractivity contribution >= 4 is 0 Å². The monoisotopic (exact) mass is 187 g/mol. The van der Waals surface area contributed by atoms with Crippen molar-refractivity contribution < 1.29 is 0 Å². The summed E-state index contributed by atoms with van der Waals surface area (Å²) in [5.41, 5.74) is 16.5. The Kier molecular flexibility index (Phi) is 9.87. The van der Waals surface area contributed by atoms with Crippen LogP contribution in [0.1, 0.15) is 38.5 Å². The molecule has 1 unspecified atom stereocenters. The molecule has 0 bridgehead atoms. The lowest BCUT2D eigenvalue weighted by Crippen LogP contribution is -2.16. The predicted octanol–water partition coefficient (Wildman–Crippen LogP) is 0.819. The lowest BCUT2D eigenvalue weighted by molar-refractivity contribution is 0.427. The van der Waals surface area contributed by atoms with E-state index in [1.165, 1.54) is 25.7 Å². The van der Waals surface area contributed by atoms with Gasteiger partial charge in [-0.05, 0) is 51.2 Å². The van der Waals surface area contributed by atoms with Gasteiger partial charge < -0.3 is 17.2 Å². The molecule has 3 nitrogen and oxygen atoms in total. The molecule has 0 aliphatic carbocycles. The van der Waals surface area contributed by atoms with Gasteiger partial charge in [0.1, 0.15) is 0 Å². The molecule has 0 heterocycles. The van der Waals surface area contributed by atoms with Crippen LogP contribution in [0.25, 0.3) is 0 Å². The highest BCUT2D eigenvalue weighted by atomic mass is 14.6. The molecule has 3 heteroatoms. The van der Waals surface area contributed by atoms with Crippen LogP contribution in [-0.4, -0.2) is 19.6 Å². The Morgan fingerprint density at radius 3 is 1.85 bits per heavy atom. The van der Waals surface area contributed by atoms with Gasteiger partial charge in [-0.15, -0.1) is 0 Å². The number of hydrogen-bond acceptors (Lipinski definition) is 3. The molecule has 80 valence electrons. The molecule has 0 spiro atoms. The van der Waals surface area contributed by atoms with Gasteiger partial charge in [-0.3, -0.25) is 0 Å². The fraction of sp³-hybridized carbons (Fsp3) is 1.00. The zero-order valence-electron chi connectivity index (χ0n) is 8.67. The Bertz CT molecular complexity index is 96.2. The number of hydrogen-bond donors (Lipinski definition) is 3. The minimum atomic E-state index is 0.682. The smallest absolute Gasteiger partial charge is 0.00489 e. The summed E-state index contributed by atoms with van der Waals surface area (Å²) in [7, 11) is 0. The maximum absolute atomic E-state index is 5.66. The average Bonchev–Trinajstić information content (AvgIpc) is 2.17. The van der Waals surface area contributed by atoms with E-state index in [2.05, 4.69) is 0 Å². The average molecular weight is 187 g/mol. The van der Waals surface area contributed by atoms with Crippen LogP contribution in [0.3, 0.4) is 0 Å². The minimum Gasteiger partial charge on any atom is -0.330 e. The molecule has 0 aromatic heterocycles. The van der Waals surface area contributed by atoms with E-state index in [0.717, 1.165) is 32.5 Å². The van der Waals surface area contributed by atoms with E-state index < -0.39 is 0 Å². The summed E-state index contributed by atoms with van der Waals surface area (Å²) in [5.74, 6) is 0.682. The van der Waals surface area contributed by atoms with Crippen molar-refractivity contribution in [3.8, 4) is 0 Å². The van der Waals surface area contributed by atoms with Crippen molar-refractivity contribution in [1.29, 1.82) is 0 Å². The topological polar surface area (TPSA) is 78.1 Å². The Hall–Kier alpha value is -0.120. The molecule has 0 aromatic carbocycles.